The number of unbranched alkanes of at least 4 members (excludes halogenated alkanes) is 16. The van der Waals surface area contributed by atoms with Crippen LogP contribution in [0.1, 0.15) is 168 Å². The van der Waals surface area contributed by atoms with Gasteiger partial charge in [0, 0.05) is 31.1 Å². The highest BCUT2D eigenvalue weighted by Crippen LogP contribution is 2.36. The molecule has 0 spiro atoms. The van der Waals surface area contributed by atoms with Crippen molar-refractivity contribution in [2.75, 3.05) is 13.2 Å². The zero-order chi connectivity index (χ0) is 38.5. The van der Waals surface area contributed by atoms with Crippen molar-refractivity contribution in [1.82, 2.24) is 0 Å². The molecule has 0 amide bonds. The van der Waals surface area contributed by atoms with Crippen LogP contribution >= 0.6 is 7.82 Å². The van der Waals surface area contributed by atoms with Gasteiger partial charge in [0.15, 0.2) is 6.10 Å². The number of esters is 2. The Balaban J connectivity index is 2.32. The summed E-state index contributed by atoms with van der Waals surface area (Å²) in [5.74, 6) is -1.84. The lowest BCUT2D eigenvalue weighted by Crippen LogP contribution is -2.29. The molecule has 5 atom stereocenters. The summed E-state index contributed by atoms with van der Waals surface area (Å²) in [6, 6.07) is 0. The molecule has 0 unspecified atom stereocenters. The number of hydrogen-bond acceptors (Lipinski definition) is 9. The van der Waals surface area contributed by atoms with E-state index in [1.807, 2.05) is 12.2 Å². The van der Waals surface area contributed by atoms with E-state index in [0.29, 0.717) is 32.1 Å². The Morgan fingerprint density at radius 2 is 1.35 bits per heavy atom. The summed E-state index contributed by atoms with van der Waals surface area (Å²) in [5.41, 5.74) is 0. The maximum Gasteiger partial charge on any atom is 0.469 e. The molecule has 0 aromatic carbocycles. The Bertz CT molecular complexity index is 1060. The Morgan fingerprint density at radius 1 is 0.788 bits per heavy atom. The van der Waals surface area contributed by atoms with Gasteiger partial charge in [-0.3, -0.25) is 18.9 Å². The van der Waals surface area contributed by atoms with Crippen LogP contribution in [0.3, 0.4) is 0 Å². The molecule has 0 heterocycles. The summed E-state index contributed by atoms with van der Waals surface area (Å²) >= 11 is 0. The van der Waals surface area contributed by atoms with E-state index >= 15 is 0 Å². The van der Waals surface area contributed by atoms with Crippen LogP contribution in [0, 0.1) is 11.8 Å². The number of carbonyl (C=O) groups is 3. The first-order valence-electron chi connectivity index (χ1n) is 20.2. The van der Waals surface area contributed by atoms with E-state index in [1.165, 1.54) is 64.2 Å². The molecule has 0 saturated heterocycles. The van der Waals surface area contributed by atoms with Crippen molar-refractivity contribution in [3.63, 3.8) is 0 Å². The van der Waals surface area contributed by atoms with Gasteiger partial charge >= 0.3 is 19.8 Å². The molecule has 1 aliphatic rings. The maximum absolute atomic E-state index is 12.5. The van der Waals surface area contributed by atoms with Crippen LogP contribution in [0.25, 0.3) is 0 Å². The molecule has 1 rings (SSSR count). The molecule has 4 N–H and O–H groups in total. The van der Waals surface area contributed by atoms with Crippen molar-refractivity contribution in [1.29, 1.82) is 0 Å². The minimum Gasteiger partial charge on any atom is -0.462 e. The van der Waals surface area contributed by atoms with E-state index in [9.17, 15) is 29.2 Å². The normalized spacial score (nSPS) is 19.1. The molecule has 302 valence electrons. The van der Waals surface area contributed by atoms with Crippen molar-refractivity contribution in [3.05, 3.63) is 24.3 Å². The number of Topliss-reactive ketones (excluding diaryl/α,β-unsaturated/α-hetero) is 1. The fourth-order valence-electron chi connectivity index (χ4n) is 6.47. The molecule has 0 aromatic heterocycles. The van der Waals surface area contributed by atoms with Gasteiger partial charge in [0.25, 0.3) is 0 Å². The lowest BCUT2D eigenvalue weighted by Gasteiger charge is -2.18. The zero-order valence-corrected chi connectivity index (χ0v) is 33.1. The summed E-state index contributed by atoms with van der Waals surface area (Å²) in [7, 11) is -4.82. The van der Waals surface area contributed by atoms with Crippen molar-refractivity contribution in [3.8, 4) is 0 Å². The van der Waals surface area contributed by atoms with Gasteiger partial charge in [0.2, 0.25) is 0 Å². The van der Waals surface area contributed by atoms with Crippen LogP contribution in [-0.4, -0.2) is 69.2 Å². The third kappa shape index (κ3) is 26.0. The highest BCUT2D eigenvalue weighted by molar-refractivity contribution is 7.46. The highest BCUT2D eigenvalue weighted by Gasteiger charge is 2.39. The maximum atomic E-state index is 12.5. The number of phosphoric acid groups is 1. The van der Waals surface area contributed by atoms with Gasteiger partial charge in [-0.1, -0.05) is 141 Å². The van der Waals surface area contributed by atoms with Crippen LogP contribution in [-0.2, 0) is 32.9 Å². The number of aliphatic hydroxyl groups excluding tert-OH is 2. The molecular formula is C40H71O11P. The number of allylic oxidation sites excluding steroid dienone is 3. The van der Waals surface area contributed by atoms with Crippen molar-refractivity contribution < 1.29 is 52.9 Å². The van der Waals surface area contributed by atoms with Crippen molar-refractivity contribution in [2.24, 2.45) is 11.8 Å². The average Bonchev–Trinajstić information content (AvgIpc) is 3.37. The average molecular weight is 759 g/mol. The second-order valence-corrected chi connectivity index (χ2v) is 15.6. The molecule has 1 aliphatic carbocycles. The molecule has 0 bridgehead atoms. The third-order valence-corrected chi connectivity index (χ3v) is 10.1. The lowest BCUT2D eigenvalue weighted by atomic mass is 9.90. The standard InChI is InChI=1S/C40H71O11P/c1-3-5-7-8-9-10-11-12-13-14-15-16-17-22-26-39(44)49-31-34(32-50-52(46,47)48)51-40(45)27-23-19-18-21-25-35-36(38(43)30-37(35)42)29-28-33(41)24-20-6-4-2/h18,21,28-29,33-37,41-42H,3-17,19-20,22-27,30-32H2,1-2H3,(H2,46,47,48)/b21-18-,29-28+/t33-,34+,35+,36+,37-/m0/s1. The molecule has 1 fully saturated rings. The molecule has 0 aliphatic heterocycles. The monoisotopic (exact) mass is 758 g/mol. The van der Waals surface area contributed by atoms with E-state index in [1.54, 1.807) is 12.2 Å². The third-order valence-electron chi connectivity index (χ3n) is 9.60. The van der Waals surface area contributed by atoms with E-state index < -0.39 is 50.6 Å². The van der Waals surface area contributed by atoms with E-state index in [0.717, 1.165) is 38.5 Å². The molecule has 0 aromatic rings. The number of ether oxygens (including phenoxy) is 2. The van der Waals surface area contributed by atoms with Gasteiger partial charge in [0.1, 0.15) is 12.4 Å². The van der Waals surface area contributed by atoms with E-state index in [2.05, 4.69) is 18.4 Å². The van der Waals surface area contributed by atoms with Crippen molar-refractivity contribution >= 4 is 25.5 Å². The first-order valence-corrected chi connectivity index (χ1v) is 21.8. The van der Waals surface area contributed by atoms with Crippen LogP contribution in [0.5, 0.6) is 0 Å². The fourth-order valence-corrected chi connectivity index (χ4v) is 6.83. The zero-order valence-electron chi connectivity index (χ0n) is 32.2. The van der Waals surface area contributed by atoms with Crippen LogP contribution in [0.2, 0.25) is 0 Å². The molecule has 11 nitrogen and oxygen atoms in total. The van der Waals surface area contributed by atoms with Crippen molar-refractivity contribution in [2.45, 2.75) is 186 Å². The van der Waals surface area contributed by atoms with Crippen LogP contribution in [0.15, 0.2) is 24.3 Å². The molecule has 0 radical (unpaired) electrons. The Labute approximate surface area is 313 Å². The summed E-state index contributed by atoms with van der Waals surface area (Å²) in [6.07, 6.45) is 26.9. The Hall–Kier alpha value is -1.88. The first kappa shape index (κ1) is 48.1. The summed E-state index contributed by atoms with van der Waals surface area (Å²) in [4.78, 5) is 55.4. The van der Waals surface area contributed by atoms with Gasteiger partial charge in [-0.2, -0.15) is 0 Å². The number of hydrogen-bond donors (Lipinski definition) is 4. The van der Waals surface area contributed by atoms with Gasteiger partial charge in [-0.15, -0.1) is 0 Å². The van der Waals surface area contributed by atoms with Crippen LogP contribution < -0.4 is 0 Å². The number of carbonyl (C=O) groups excluding carboxylic acids is 3. The van der Waals surface area contributed by atoms with Gasteiger partial charge < -0.3 is 29.5 Å². The fraction of sp³-hybridized carbons (Fsp3) is 0.825. The summed E-state index contributed by atoms with van der Waals surface area (Å²) in [5, 5.41) is 20.6. The first-order chi connectivity index (χ1) is 25.0. The summed E-state index contributed by atoms with van der Waals surface area (Å²) < 4.78 is 26.3. The van der Waals surface area contributed by atoms with Crippen LogP contribution in [0.4, 0.5) is 0 Å². The lowest BCUT2D eigenvalue weighted by molar-refractivity contribution is -0.161. The minimum atomic E-state index is -4.82. The Kier molecular flexibility index (Phi) is 28.2. The Morgan fingerprint density at radius 3 is 1.94 bits per heavy atom. The quantitative estimate of drug-likeness (QED) is 0.0218. The number of aliphatic hydroxyl groups is 2. The van der Waals surface area contributed by atoms with Gasteiger partial charge in [-0.25, -0.2) is 4.57 Å². The second-order valence-electron chi connectivity index (χ2n) is 14.4. The SMILES string of the molecule is CCCCCCCCCCCCCCCCC(=O)OC[C@H](COP(=O)(O)O)OC(=O)CCC/C=C\C[C@H]1[C@@H](O)CC(=O)[C@@H]1/C=C/[C@@H](O)CCCCC. The number of phosphoric ester groups is 1. The van der Waals surface area contributed by atoms with E-state index in [-0.39, 0.29) is 37.6 Å². The molecule has 12 heteroatoms. The smallest absolute Gasteiger partial charge is 0.462 e. The summed E-state index contributed by atoms with van der Waals surface area (Å²) in [6.45, 7) is 3.35. The largest absolute Gasteiger partial charge is 0.469 e. The molecular weight excluding hydrogens is 687 g/mol. The van der Waals surface area contributed by atoms with E-state index in [4.69, 9.17) is 19.3 Å². The highest BCUT2D eigenvalue weighted by atomic mass is 31.2. The predicted octanol–water partition coefficient (Wildman–Crippen LogP) is 8.60. The topological polar surface area (TPSA) is 177 Å². The molecule has 52 heavy (non-hydrogen) atoms. The predicted molar refractivity (Wildman–Crippen MR) is 203 cm³/mol. The molecule has 1 saturated carbocycles. The van der Waals surface area contributed by atoms with Gasteiger partial charge in [0.05, 0.1) is 18.8 Å². The number of rotatable bonds is 33. The number of ketones is 1. The van der Waals surface area contributed by atoms with Gasteiger partial charge in [-0.05, 0) is 32.1 Å². The second kappa shape index (κ2) is 30.4. The minimum absolute atomic E-state index is 0.0234.